The van der Waals surface area contributed by atoms with E-state index in [1.165, 1.54) is 0 Å². The molecule has 1 amide bonds. The van der Waals surface area contributed by atoms with E-state index < -0.39 is 16.9 Å². The van der Waals surface area contributed by atoms with Gasteiger partial charge >= 0.3 is 0 Å². The number of nitrogens with zero attached hydrogens (tertiary/aromatic N) is 1. The van der Waals surface area contributed by atoms with Crippen LogP contribution in [0.3, 0.4) is 0 Å². The Balaban J connectivity index is 1.73. The number of rotatable bonds is 1. The summed E-state index contributed by atoms with van der Waals surface area (Å²) in [4.78, 5) is 44.3. The Labute approximate surface area is 190 Å². The van der Waals surface area contributed by atoms with Crippen LogP contribution in [0.2, 0.25) is 5.02 Å². The minimum atomic E-state index is -1.63. The molecule has 6 heteroatoms. The highest BCUT2D eigenvalue weighted by Crippen LogP contribution is 2.66. The predicted octanol–water partition coefficient (Wildman–Crippen LogP) is 4.28. The summed E-state index contributed by atoms with van der Waals surface area (Å²) in [5, 5.41) is 3.47. The van der Waals surface area contributed by atoms with E-state index in [4.69, 9.17) is 11.6 Å². The number of Topliss-reactive ketones (excluding diaryl/α,β-unsaturated/α-hetero) is 2. The average Bonchev–Trinajstić information content (AvgIpc) is 3.34. The maximum Gasteiger partial charge on any atom is 0.251 e. The van der Waals surface area contributed by atoms with E-state index in [0.29, 0.717) is 33.9 Å². The Morgan fingerprint density at radius 3 is 2.25 bits per heavy atom. The molecule has 3 aromatic carbocycles. The van der Waals surface area contributed by atoms with Crippen molar-refractivity contribution in [2.45, 2.75) is 11.5 Å². The number of likely N-dealkylation sites (N-methyl/N-ethyl adjacent to an activating group) is 1. The lowest BCUT2D eigenvalue weighted by Gasteiger charge is -2.42. The molecule has 158 valence electrons. The molecule has 0 saturated carbocycles. The van der Waals surface area contributed by atoms with Crippen LogP contribution in [0.5, 0.6) is 0 Å². The van der Waals surface area contributed by atoms with E-state index in [0.717, 1.165) is 5.56 Å². The van der Waals surface area contributed by atoms with Crippen LogP contribution in [0.1, 0.15) is 37.8 Å². The number of carbonyl (C=O) groups is 3. The van der Waals surface area contributed by atoms with Crippen LogP contribution in [0.15, 0.2) is 72.8 Å². The van der Waals surface area contributed by atoms with Crippen LogP contribution < -0.4 is 5.32 Å². The number of amides is 1. The number of hydrogen-bond donors (Lipinski definition) is 1. The van der Waals surface area contributed by atoms with Crippen LogP contribution >= 0.6 is 11.6 Å². The molecule has 1 saturated heterocycles. The van der Waals surface area contributed by atoms with E-state index >= 15 is 0 Å². The zero-order valence-corrected chi connectivity index (χ0v) is 18.0. The predicted molar refractivity (Wildman–Crippen MR) is 121 cm³/mol. The van der Waals surface area contributed by atoms with Crippen LogP contribution in [0.4, 0.5) is 5.69 Å². The molecule has 1 aliphatic carbocycles. The first-order valence-corrected chi connectivity index (χ1v) is 10.9. The third kappa shape index (κ3) is 2.01. The van der Waals surface area contributed by atoms with Crippen molar-refractivity contribution in [3.05, 3.63) is 100 Å². The van der Waals surface area contributed by atoms with E-state index in [1.807, 2.05) is 48.3 Å². The first-order valence-electron chi connectivity index (χ1n) is 10.5. The van der Waals surface area contributed by atoms with Crippen molar-refractivity contribution in [2.75, 3.05) is 18.9 Å². The first kappa shape index (κ1) is 19.4. The molecular weight excluding hydrogens is 424 g/mol. The minimum Gasteiger partial charge on any atom is -0.324 e. The molecule has 2 aliphatic heterocycles. The molecular formula is C26H19ClN2O3. The zero-order valence-electron chi connectivity index (χ0n) is 17.3. The van der Waals surface area contributed by atoms with Gasteiger partial charge < -0.3 is 5.32 Å². The molecule has 2 atom stereocenters. The van der Waals surface area contributed by atoms with Gasteiger partial charge in [0.1, 0.15) is 11.0 Å². The van der Waals surface area contributed by atoms with Gasteiger partial charge in [0.2, 0.25) is 0 Å². The van der Waals surface area contributed by atoms with Crippen molar-refractivity contribution in [3.63, 3.8) is 0 Å². The Bertz CT molecular complexity index is 1320. The number of likely N-dealkylation sites (tertiary alicyclic amines) is 1. The summed E-state index contributed by atoms with van der Waals surface area (Å²) in [6.07, 6.45) is 0. The highest BCUT2D eigenvalue weighted by Gasteiger charge is 2.78. The van der Waals surface area contributed by atoms with Gasteiger partial charge in [0.05, 0.1) is 0 Å². The smallest absolute Gasteiger partial charge is 0.251 e. The second-order valence-electron chi connectivity index (χ2n) is 8.71. The van der Waals surface area contributed by atoms with Crippen molar-refractivity contribution in [2.24, 2.45) is 5.41 Å². The van der Waals surface area contributed by atoms with Crippen LogP contribution in [-0.2, 0) is 10.3 Å². The molecule has 1 N–H and O–H groups in total. The van der Waals surface area contributed by atoms with Gasteiger partial charge in [0, 0.05) is 39.9 Å². The summed E-state index contributed by atoms with van der Waals surface area (Å²) in [5.74, 6) is -1.51. The number of para-hydroxylation sites is 1. The molecule has 3 aliphatic rings. The third-order valence-electron chi connectivity index (χ3n) is 7.40. The number of carbonyl (C=O) groups excluding carboxylic acids is 3. The fourth-order valence-corrected chi connectivity index (χ4v) is 6.44. The van der Waals surface area contributed by atoms with Crippen LogP contribution in [0, 0.1) is 5.41 Å². The Kier molecular flexibility index (Phi) is 3.87. The lowest BCUT2D eigenvalue weighted by Crippen LogP contribution is -2.60. The van der Waals surface area contributed by atoms with Crippen molar-refractivity contribution >= 4 is 34.8 Å². The van der Waals surface area contributed by atoms with Gasteiger partial charge in [0.25, 0.3) is 5.91 Å². The summed E-state index contributed by atoms with van der Waals surface area (Å²) < 4.78 is 0. The molecule has 1 fully saturated rings. The molecule has 1 unspecified atom stereocenters. The fraction of sp³-hybridized carbons (Fsp3) is 0.192. The second kappa shape index (κ2) is 6.37. The lowest BCUT2D eigenvalue weighted by molar-refractivity contribution is -0.128. The van der Waals surface area contributed by atoms with Crippen molar-refractivity contribution in [3.8, 4) is 0 Å². The van der Waals surface area contributed by atoms with E-state index in [2.05, 4.69) is 5.32 Å². The minimum absolute atomic E-state index is 0.306. The summed E-state index contributed by atoms with van der Waals surface area (Å²) in [7, 11) is 1.82. The number of anilines is 1. The Morgan fingerprint density at radius 1 is 0.906 bits per heavy atom. The number of benzene rings is 3. The van der Waals surface area contributed by atoms with Gasteiger partial charge in [-0.15, -0.1) is 0 Å². The molecule has 6 rings (SSSR count). The molecule has 2 spiro atoms. The van der Waals surface area contributed by atoms with Crippen molar-refractivity contribution in [1.29, 1.82) is 0 Å². The van der Waals surface area contributed by atoms with Crippen molar-refractivity contribution < 1.29 is 14.4 Å². The van der Waals surface area contributed by atoms with Crippen LogP contribution in [-0.4, -0.2) is 36.0 Å². The number of hydrogen-bond acceptors (Lipinski definition) is 4. The Hall–Kier alpha value is -3.28. The third-order valence-corrected chi connectivity index (χ3v) is 7.63. The summed E-state index contributed by atoms with van der Waals surface area (Å²) in [5.41, 5.74) is -0.282. The van der Waals surface area contributed by atoms with Gasteiger partial charge in [-0.1, -0.05) is 66.2 Å². The molecule has 32 heavy (non-hydrogen) atoms. The Morgan fingerprint density at radius 2 is 1.56 bits per heavy atom. The van der Waals surface area contributed by atoms with Crippen LogP contribution in [0.25, 0.3) is 0 Å². The number of halogens is 1. The quantitative estimate of drug-likeness (QED) is 0.571. The average molecular weight is 443 g/mol. The largest absolute Gasteiger partial charge is 0.324 e. The topological polar surface area (TPSA) is 66.5 Å². The van der Waals surface area contributed by atoms with Gasteiger partial charge in [0.15, 0.2) is 11.6 Å². The zero-order chi connectivity index (χ0) is 22.3. The highest BCUT2D eigenvalue weighted by molar-refractivity contribution is 6.34. The molecule has 0 aromatic heterocycles. The fourth-order valence-electron chi connectivity index (χ4n) is 6.25. The summed E-state index contributed by atoms with van der Waals surface area (Å²) >= 11 is 6.31. The maximum atomic E-state index is 14.3. The van der Waals surface area contributed by atoms with Gasteiger partial charge in [-0.05, 0) is 30.8 Å². The summed E-state index contributed by atoms with van der Waals surface area (Å²) in [6, 6.07) is 21.5. The SMILES string of the molecule is CN1C[C@@H](c2cccc(Cl)c2)C2(C(=O)c3ccccc3C2=O)C12C(=O)Nc1ccccc12. The molecule has 0 bridgehead atoms. The number of fused-ring (bicyclic) bond motifs is 4. The van der Waals surface area contributed by atoms with E-state index in [9.17, 15) is 14.4 Å². The second-order valence-corrected chi connectivity index (χ2v) is 9.15. The monoisotopic (exact) mass is 442 g/mol. The number of nitrogens with one attached hydrogen (secondary N) is 1. The molecule has 5 nitrogen and oxygen atoms in total. The van der Waals surface area contributed by atoms with Gasteiger partial charge in [-0.25, -0.2) is 0 Å². The van der Waals surface area contributed by atoms with Gasteiger partial charge in [-0.3, -0.25) is 19.3 Å². The molecule has 3 aromatic rings. The van der Waals surface area contributed by atoms with E-state index in [1.54, 1.807) is 36.4 Å². The van der Waals surface area contributed by atoms with Crippen molar-refractivity contribution in [1.82, 2.24) is 4.90 Å². The summed E-state index contributed by atoms with van der Waals surface area (Å²) in [6.45, 7) is 0.355. The normalized spacial score (nSPS) is 25.4. The highest BCUT2D eigenvalue weighted by atomic mass is 35.5. The van der Waals surface area contributed by atoms with E-state index in [-0.39, 0.29) is 17.5 Å². The van der Waals surface area contributed by atoms with Gasteiger partial charge in [-0.2, -0.15) is 0 Å². The maximum absolute atomic E-state index is 14.3. The molecule has 2 heterocycles. The molecule has 0 radical (unpaired) electrons. The standard InChI is InChI=1S/C26H19ClN2O3/c1-29-14-20(15-7-6-8-16(27)13-15)25(22(30)17-9-2-3-10-18(17)23(25)31)26(29)19-11-4-5-12-21(19)28-24(26)32/h2-13,20H,14H2,1H3,(H,28,32)/t20-,26?/m0/s1. The number of ketones is 2. The first-order chi connectivity index (χ1) is 15.4. The lowest BCUT2D eigenvalue weighted by atomic mass is 9.58.